The zero-order valence-electron chi connectivity index (χ0n) is 4.15. The van der Waals surface area contributed by atoms with Gasteiger partial charge in [-0.15, -0.1) is 0 Å². The zero-order valence-corrected chi connectivity index (χ0v) is 6.31. The Morgan fingerprint density at radius 3 is 2.43 bits per heavy atom. The van der Waals surface area contributed by atoms with Gasteiger partial charge in [-0.1, -0.05) is 6.92 Å². The second-order valence-corrected chi connectivity index (χ2v) is 2.38. The summed E-state index contributed by atoms with van der Waals surface area (Å²) in [4.78, 5) is 10.2. The summed E-state index contributed by atoms with van der Waals surface area (Å²) >= 11 is 1.70. The fourth-order valence-electron chi connectivity index (χ4n) is 0.160. The first-order chi connectivity index (χ1) is 3.18. The Labute approximate surface area is 56.6 Å². The van der Waals surface area contributed by atoms with Gasteiger partial charge >= 0.3 is 0 Å². The molecule has 42 valence electrons. The van der Waals surface area contributed by atoms with Crippen LogP contribution < -0.4 is 5.73 Å². The fourth-order valence-corrected chi connectivity index (χ4v) is 0.601. The number of carbonyl (C=O) groups is 1. The van der Waals surface area contributed by atoms with E-state index >= 15 is 0 Å². The minimum Gasteiger partial charge on any atom is -0.321 e. The lowest BCUT2D eigenvalue weighted by molar-refractivity contribution is -0.110. The van der Waals surface area contributed by atoms with Gasteiger partial charge in [-0.25, -0.2) is 0 Å². The Morgan fingerprint density at radius 1 is 2.00 bits per heavy atom. The highest BCUT2D eigenvalue weighted by atomic mass is 127. The molecule has 0 unspecified atom stereocenters. The average molecular weight is 213 g/mol. The van der Waals surface area contributed by atoms with Crippen molar-refractivity contribution in [3.63, 3.8) is 0 Å². The average Bonchev–Trinajstić information content (AvgIpc) is 1.65. The quantitative estimate of drug-likeness (QED) is 0.541. The first kappa shape index (κ1) is 7.36. The van der Waals surface area contributed by atoms with Crippen LogP contribution in [0.15, 0.2) is 0 Å². The van der Waals surface area contributed by atoms with Crippen LogP contribution in [-0.4, -0.2) is 9.83 Å². The van der Waals surface area contributed by atoms with Crippen molar-refractivity contribution in [2.24, 2.45) is 5.73 Å². The van der Waals surface area contributed by atoms with Crippen LogP contribution in [0.2, 0.25) is 0 Å². The molecule has 0 aliphatic heterocycles. The smallest absolute Gasteiger partial charge is 0.208 e. The van der Waals surface area contributed by atoms with Crippen LogP contribution in [0.1, 0.15) is 13.3 Å². The van der Waals surface area contributed by atoms with Gasteiger partial charge in [-0.3, -0.25) is 4.79 Å². The number of nitrogens with two attached hydrogens (primary N) is 1. The van der Waals surface area contributed by atoms with Gasteiger partial charge in [0.15, 0.2) is 0 Å². The molecular weight excluding hydrogens is 205 g/mol. The van der Waals surface area contributed by atoms with Crippen molar-refractivity contribution in [3.8, 4) is 0 Å². The van der Waals surface area contributed by atoms with Crippen LogP contribution >= 0.6 is 22.6 Å². The van der Waals surface area contributed by atoms with Gasteiger partial charge in [0.1, 0.15) is 0 Å². The minimum absolute atomic E-state index is 0.0418. The fraction of sp³-hybridized carbons (Fsp3) is 0.750. The standard InChI is InChI=1S/C4H8INO/c1-2-3(6)4(5)7/h3H,2,6H2,1H3/t3-/m0/s1. The van der Waals surface area contributed by atoms with E-state index in [1.807, 2.05) is 6.92 Å². The first-order valence-corrected chi connectivity index (χ1v) is 3.21. The van der Waals surface area contributed by atoms with E-state index in [1.165, 1.54) is 0 Å². The molecule has 3 heteroatoms. The van der Waals surface area contributed by atoms with E-state index < -0.39 is 0 Å². The zero-order chi connectivity index (χ0) is 5.86. The van der Waals surface area contributed by atoms with Crippen LogP contribution in [0.4, 0.5) is 0 Å². The lowest BCUT2D eigenvalue weighted by Gasteiger charge is -1.97. The molecule has 0 aliphatic rings. The first-order valence-electron chi connectivity index (χ1n) is 2.13. The topological polar surface area (TPSA) is 43.1 Å². The number of hydrogen-bond acceptors (Lipinski definition) is 2. The van der Waals surface area contributed by atoms with Gasteiger partial charge in [-0.2, -0.15) is 0 Å². The lowest BCUT2D eigenvalue weighted by atomic mass is 10.3. The van der Waals surface area contributed by atoms with Crippen molar-refractivity contribution in [3.05, 3.63) is 0 Å². The summed E-state index contributed by atoms with van der Waals surface area (Å²) in [7, 11) is 0. The summed E-state index contributed by atoms with van der Waals surface area (Å²) in [5, 5.41) is 0. The number of halogens is 1. The second kappa shape index (κ2) is 3.37. The molecule has 0 saturated carbocycles. The maximum absolute atomic E-state index is 10.2. The van der Waals surface area contributed by atoms with E-state index in [2.05, 4.69) is 0 Å². The van der Waals surface area contributed by atoms with E-state index in [-0.39, 0.29) is 9.83 Å². The third-order valence-corrected chi connectivity index (χ3v) is 1.53. The monoisotopic (exact) mass is 213 g/mol. The molecule has 0 saturated heterocycles. The van der Waals surface area contributed by atoms with Crippen molar-refractivity contribution in [1.82, 2.24) is 0 Å². The van der Waals surface area contributed by atoms with Crippen LogP contribution in [-0.2, 0) is 4.79 Å². The van der Waals surface area contributed by atoms with Crippen molar-refractivity contribution in [2.75, 3.05) is 0 Å². The Kier molecular flexibility index (Phi) is 3.55. The van der Waals surface area contributed by atoms with E-state index in [1.54, 1.807) is 22.6 Å². The van der Waals surface area contributed by atoms with Crippen LogP contribution in [0.3, 0.4) is 0 Å². The van der Waals surface area contributed by atoms with E-state index in [9.17, 15) is 4.79 Å². The SMILES string of the molecule is CC[C@H](N)C(=O)I. The number of hydrogen-bond donors (Lipinski definition) is 1. The van der Waals surface area contributed by atoms with Gasteiger partial charge in [0.25, 0.3) is 0 Å². The third-order valence-electron chi connectivity index (χ3n) is 0.731. The molecule has 0 aromatic heterocycles. The molecule has 7 heavy (non-hydrogen) atoms. The molecule has 2 N–H and O–H groups in total. The Bertz CT molecular complexity index is 74.1. The lowest BCUT2D eigenvalue weighted by Crippen LogP contribution is -2.24. The van der Waals surface area contributed by atoms with E-state index in [0.717, 1.165) is 6.42 Å². The Morgan fingerprint density at radius 2 is 2.43 bits per heavy atom. The molecule has 0 spiro atoms. The summed E-state index contributed by atoms with van der Waals surface area (Å²) in [6, 6.07) is -0.249. The van der Waals surface area contributed by atoms with Gasteiger partial charge in [-0.05, 0) is 6.42 Å². The second-order valence-electron chi connectivity index (χ2n) is 1.32. The highest BCUT2D eigenvalue weighted by molar-refractivity contribution is 14.1. The van der Waals surface area contributed by atoms with Crippen molar-refractivity contribution >= 4 is 26.4 Å². The largest absolute Gasteiger partial charge is 0.321 e. The molecular formula is C4H8INO. The molecule has 0 aromatic rings. The molecule has 0 aromatic carbocycles. The molecule has 1 atom stereocenters. The summed E-state index contributed by atoms with van der Waals surface area (Å²) in [6.07, 6.45) is 0.738. The van der Waals surface area contributed by atoms with Gasteiger partial charge in [0, 0.05) is 22.6 Å². The predicted octanol–water partition coefficient (Wildman–Crippen LogP) is 0.685. The maximum atomic E-state index is 10.2. The third kappa shape index (κ3) is 2.99. The molecule has 0 bridgehead atoms. The molecule has 0 fully saturated rings. The molecule has 0 rings (SSSR count). The number of rotatable bonds is 2. The summed E-state index contributed by atoms with van der Waals surface area (Å²) < 4.78 is 0.0418. The maximum Gasteiger partial charge on any atom is 0.208 e. The van der Waals surface area contributed by atoms with Crippen LogP contribution in [0, 0.1) is 0 Å². The Hall–Kier alpha value is 0.360. The molecule has 0 heterocycles. The molecule has 0 aliphatic carbocycles. The summed E-state index contributed by atoms with van der Waals surface area (Å²) in [6.45, 7) is 1.89. The number of carbonyl (C=O) groups excluding carboxylic acids is 1. The normalized spacial score (nSPS) is 13.6. The van der Waals surface area contributed by atoms with E-state index in [0.29, 0.717) is 0 Å². The summed E-state index contributed by atoms with van der Waals surface area (Å²) in [5.74, 6) is 0. The van der Waals surface area contributed by atoms with E-state index in [4.69, 9.17) is 5.73 Å². The Balaban J connectivity index is 3.34. The highest BCUT2D eigenvalue weighted by Crippen LogP contribution is 1.94. The van der Waals surface area contributed by atoms with Gasteiger partial charge in [0.05, 0.1) is 6.04 Å². The molecule has 0 amide bonds. The molecule has 2 nitrogen and oxygen atoms in total. The van der Waals surface area contributed by atoms with Crippen LogP contribution in [0.5, 0.6) is 0 Å². The molecule has 0 radical (unpaired) electrons. The highest BCUT2D eigenvalue weighted by Gasteiger charge is 2.03. The van der Waals surface area contributed by atoms with Crippen molar-refractivity contribution < 1.29 is 4.79 Å². The van der Waals surface area contributed by atoms with Crippen molar-refractivity contribution in [1.29, 1.82) is 0 Å². The van der Waals surface area contributed by atoms with Gasteiger partial charge in [0.2, 0.25) is 3.79 Å². The summed E-state index contributed by atoms with van der Waals surface area (Å²) in [5.41, 5.74) is 5.26. The van der Waals surface area contributed by atoms with Gasteiger partial charge < -0.3 is 5.73 Å². The van der Waals surface area contributed by atoms with Crippen molar-refractivity contribution in [2.45, 2.75) is 19.4 Å². The van der Waals surface area contributed by atoms with Crippen LogP contribution in [0.25, 0.3) is 0 Å². The minimum atomic E-state index is -0.249. The predicted molar refractivity (Wildman–Crippen MR) is 37.3 cm³/mol.